The van der Waals surface area contributed by atoms with Gasteiger partial charge in [-0.05, 0) is 46.8 Å². The molecule has 0 aromatic carbocycles. The molecule has 0 spiro atoms. The molecule has 0 radical (unpaired) electrons. The van der Waals surface area contributed by atoms with Crippen molar-refractivity contribution in [2.75, 3.05) is 32.3 Å². The third-order valence-corrected chi connectivity index (χ3v) is 4.53. The van der Waals surface area contributed by atoms with Crippen molar-refractivity contribution in [1.29, 1.82) is 0 Å². The van der Waals surface area contributed by atoms with Crippen LogP contribution in [-0.4, -0.2) is 44.5 Å². The maximum atomic E-state index is 5.56. The molecule has 1 aliphatic rings. The molecule has 4 nitrogen and oxygen atoms in total. The number of nitrogens with zero attached hydrogens (tertiary/aromatic N) is 2. The van der Waals surface area contributed by atoms with Gasteiger partial charge in [0, 0.05) is 26.8 Å². The minimum Gasteiger partial charge on any atom is -0.384 e. The third kappa shape index (κ3) is 3.71. The molecule has 1 aliphatic heterocycles. The second-order valence-electron chi connectivity index (χ2n) is 5.41. The summed E-state index contributed by atoms with van der Waals surface area (Å²) in [4.78, 5) is 6.79. The summed E-state index contributed by atoms with van der Waals surface area (Å²) < 4.78 is 11.8. The summed E-state index contributed by atoms with van der Waals surface area (Å²) >= 11 is 3.39. The molecule has 2 heterocycles. The molecule has 1 aromatic heterocycles. The van der Waals surface area contributed by atoms with E-state index in [0.717, 1.165) is 30.6 Å². The molecule has 1 fully saturated rings. The Morgan fingerprint density at radius 3 is 2.85 bits per heavy atom. The quantitative estimate of drug-likeness (QED) is 0.770. The van der Waals surface area contributed by atoms with Crippen molar-refractivity contribution in [2.45, 2.75) is 31.9 Å². The highest BCUT2D eigenvalue weighted by Crippen LogP contribution is 2.30. The minimum absolute atomic E-state index is 0.346. The average Bonchev–Trinajstić information content (AvgIpc) is 2.48. The fourth-order valence-electron chi connectivity index (χ4n) is 2.95. The lowest BCUT2D eigenvalue weighted by Gasteiger charge is -2.43. The highest BCUT2D eigenvalue weighted by atomic mass is 79.9. The Morgan fingerprint density at radius 1 is 1.45 bits per heavy atom. The molecule has 3 atom stereocenters. The molecule has 0 saturated carbocycles. The molecule has 2 unspecified atom stereocenters. The standard InChI is InChI=1S/C15H23BrN2O2/c1-11(10-19-2)14-8-13(20-3)6-7-18(14)12-4-5-15(16)17-9-12/h4-5,9,11,13-14H,6-8,10H2,1-3H3/t11?,13-,14?/m1/s1. The Morgan fingerprint density at radius 2 is 2.25 bits per heavy atom. The van der Waals surface area contributed by atoms with Crippen molar-refractivity contribution in [3.8, 4) is 0 Å². The molecule has 20 heavy (non-hydrogen) atoms. The monoisotopic (exact) mass is 342 g/mol. The van der Waals surface area contributed by atoms with Gasteiger partial charge in [-0.15, -0.1) is 0 Å². The second-order valence-corrected chi connectivity index (χ2v) is 6.23. The van der Waals surface area contributed by atoms with Crippen LogP contribution in [0, 0.1) is 5.92 Å². The van der Waals surface area contributed by atoms with E-state index < -0.39 is 0 Å². The summed E-state index contributed by atoms with van der Waals surface area (Å²) in [5.74, 6) is 0.460. The third-order valence-electron chi connectivity index (χ3n) is 4.06. The Bertz CT molecular complexity index is 413. The first kappa shape index (κ1) is 15.7. The van der Waals surface area contributed by atoms with Crippen molar-refractivity contribution in [2.24, 2.45) is 5.92 Å². The predicted octanol–water partition coefficient (Wildman–Crippen LogP) is 3.11. The molecule has 1 aromatic rings. The van der Waals surface area contributed by atoms with Gasteiger partial charge in [0.25, 0.3) is 0 Å². The van der Waals surface area contributed by atoms with E-state index in [4.69, 9.17) is 9.47 Å². The first-order valence-electron chi connectivity index (χ1n) is 7.05. The summed E-state index contributed by atoms with van der Waals surface area (Å²) in [5.41, 5.74) is 1.18. The summed E-state index contributed by atoms with van der Waals surface area (Å²) in [6.45, 7) is 4.01. The number of anilines is 1. The van der Waals surface area contributed by atoms with Crippen LogP contribution in [0.1, 0.15) is 19.8 Å². The number of methoxy groups -OCH3 is 2. The number of halogens is 1. The van der Waals surface area contributed by atoms with Crippen LogP contribution in [0.4, 0.5) is 5.69 Å². The molecule has 0 amide bonds. The highest BCUT2D eigenvalue weighted by molar-refractivity contribution is 9.10. The number of hydrogen-bond donors (Lipinski definition) is 0. The Labute approximate surface area is 129 Å². The van der Waals surface area contributed by atoms with E-state index in [1.165, 1.54) is 5.69 Å². The van der Waals surface area contributed by atoms with Crippen LogP contribution in [-0.2, 0) is 9.47 Å². The highest BCUT2D eigenvalue weighted by Gasteiger charge is 2.32. The SMILES string of the molecule is COCC(C)C1C[C@H](OC)CCN1c1ccc(Br)nc1. The lowest BCUT2D eigenvalue weighted by atomic mass is 9.90. The summed E-state index contributed by atoms with van der Waals surface area (Å²) in [5, 5.41) is 0. The molecule has 1 saturated heterocycles. The number of piperidine rings is 1. The largest absolute Gasteiger partial charge is 0.384 e. The van der Waals surface area contributed by atoms with E-state index in [9.17, 15) is 0 Å². The summed E-state index contributed by atoms with van der Waals surface area (Å²) in [6, 6.07) is 4.55. The van der Waals surface area contributed by atoms with Gasteiger partial charge in [-0.2, -0.15) is 0 Å². The van der Waals surface area contributed by atoms with E-state index in [2.05, 4.69) is 38.8 Å². The van der Waals surface area contributed by atoms with E-state index in [1.807, 2.05) is 12.3 Å². The van der Waals surface area contributed by atoms with Gasteiger partial charge in [0.15, 0.2) is 0 Å². The molecular formula is C15H23BrN2O2. The fourth-order valence-corrected chi connectivity index (χ4v) is 3.18. The molecular weight excluding hydrogens is 320 g/mol. The second kappa shape index (κ2) is 7.38. The van der Waals surface area contributed by atoms with Gasteiger partial charge in [0.05, 0.1) is 24.6 Å². The zero-order valence-corrected chi connectivity index (χ0v) is 14.0. The van der Waals surface area contributed by atoms with Crippen LogP contribution in [0.25, 0.3) is 0 Å². The van der Waals surface area contributed by atoms with Crippen LogP contribution >= 0.6 is 15.9 Å². The van der Waals surface area contributed by atoms with Crippen LogP contribution in [0.2, 0.25) is 0 Å². The molecule has 2 rings (SSSR count). The fraction of sp³-hybridized carbons (Fsp3) is 0.667. The molecule has 0 bridgehead atoms. The van der Waals surface area contributed by atoms with Gasteiger partial charge < -0.3 is 14.4 Å². The number of rotatable bonds is 5. The predicted molar refractivity (Wildman–Crippen MR) is 84.1 cm³/mol. The topological polar surface area (TPSA) is 34.6 Å². The maximum Gasteiger partial charge on any atom is 0.106 e. The van der Waals surface area contributed by atoms with Gasteiger partial charge in [0.2, 0.25) is 0 Å². The van der Waals surface area contributed by atoms with E-state index in [-0.39, 0.29) is 0 Å². The van der Waals surface area contributed by atoms with Crippen molar-refractivity contribution in [3.05, 3.63) is 22.9 Å². The number of pyridine rings is 1. The van der Waals surface area contributed by atoms with Gasteiger partial charge in [-0.1, -0.05) is 6.92 Å². The number of aromatic nitrogens is 1. The van der Waals surface area contributed by atoms with Crippen LogP contribution < -0.4 is 4.90 Å². The van der Waals surface area contributed by atoms with Gasteiger partial charge in [-0.3, -0.25) is 0 Å². The van der Waals surface area contributed by atoms with Gasteiger partial charge in [-0.25, -0.2) is 4.98 Å². The van der Waals surface area contributed by atoms with Crippen LogP contribution in [0.15, 0.2) is 22.9 Å². The maximum absolute atomic E-state index is 5.56. The average molecular weight is 343 g/mol. The minimum atomic E-state index is 0.346. The Hall–Kier alpha value is -0.650. The number of ether oxygens (including phenoxy) is 2. The Kier molecular flexibility index (Phi) is 5.81. The van der Waals surface area contributed by atoms with E-state index in [1.54, 1.807) is 14.2 Å². The van der Waals surface area contributed by atoms with Crippen molar-refractivity contribution < 1.29 is 9.47 Å². The van der Waals surface area contributed by atoms with Crippen molar-refractivity contribution in [3.63, 3.8) is 0 Å². The molecule has 112 valence electrons. The zero-order valence-electron chi connectivity index (χ0n) is 12.4. The number of hydrogen-bond acceptors (Lipinski definition) is 4. The smallest absolute Gasteiger partial charge is 0.106 e. The van der Waals surface area contributed by atoms with Crippen molar-refractivity contribution in [1.82, 2.24) is 4.98 Å². The van der Waals surface area contributed by atoms with Gasteiger partial charge >= 0.3 is 0 Å². The Balaban J connectivity index is 2.17. The molecule has 5 heteroatoms. The summed E-state index contributed by atoms with van der Waals surface area (Å²) in [6.07, 6.45) is 4.38. The lowest BCUT2D eigenvalue weighted by molar-refractivity contribution is 0.0521. The molecule has 0 N–H and O–H groups in total. The van der Waals surface area contributed by atoms with Crippen LogP contribution in [0.3, 0.4) is 0 Å². The first-order chi connectivity index (χ1) is 9.65. The van der Waals surface area contributed by atoms with Crippen LogP contribution in [0.5, 0.6) is 0 Å². The van der Waals surface area contributed by atoms with E-state index in [0.29, 0.717) is 18.1 Å². The van der Waals surface area contributed by atoms with E-state index >= 15 is 0 Å². The van der Waals surface area contributed by atoms with Crippen molar-refractivity contribution >= 4 is 21.6 Å². The zero-order chi connectivity index (χ0) is 14.5. The van der Waals surface area contributed by atoms with Gasteiger partial charge in [0.1, 0.15) is 4.60 Å². The lowest BCUT2D eigenvalue weighted by Crippen LogP contribution is -2.49. The first-order valence-corrected chi connectivity index (χ1v) is 7.85. The molecule has 0 aliphatic carbocycles. The summed E-state index contributed by atoms with van der Waals surface area (Å²) in [7, 11) is 3.57. The normalized spacial score (nSPS) is 24.7.